The van der Waals surface area contributed by atoms with Gasteiger partial charge in [0.15, 0.2) is 0 Å². The summed E-state index contributed by atoms with van der Waals surface area (Å²) in [6.45, 7) is 4.11. The van der Waals surface area contributed by atoms with E-state index in [0.717, 1.165) is 13.1 Å². The van der Waals surface area contributed by atoms with Crippen LogP contribution in [-0.2, 0) is 9.53 Å². The second kappa shape index (κ2) is 7.81. The Kier molecular flexibility index (Phi) is 5.50. The normalized spacial score (nSPS) is 19.5. The van der Waals surface area contributed by atoms with Crippen molar-refractivity contribution < 1.29 is 14.5 Å². The first kappa shape index (κ1) is 18.3. The maximum absolute atomic E-state index is 11.8. The highest BCUT2D eigenvalue weighted by molar-refractivity contribution is 5.74. The molecule has 1 aromatic heterocycles. The fraction of sp³-hybridized carbons (Fsp3) is 0.688. The monoisotopic (exact) mass is 364 g/mol. The summed E-state index contributed by atoms with van der Waals surface area (Å²) in [6, 6.07) is 0. The Bertz CT molecular complexity index is 669. The van der Waals surface area contributed by atoms with Gasteiger partial charge in [0.05, 0.1) is 18.0 Å². The topological polar surface area (TPSA) is 105 Å². The Morgan fingerprint density at radius 1 is 1.12 bits per heavy atom. The number of aromatic nitrogens is 2. The van der Waals surface area contributed by atoms with Gasteiger partial charge in [-0.3, -0.25) is 14.9 Å². The molecule has 0 aliphatic carbocycles. The Morgan fingerprint density at radius 3 is 2.15 bits per heavy atom. The van der Waals surface area contributed by atoms with Crippen LogP contribution in [0.15, 0.2) is 6.33 Å². The van der Waals surface area contributed by atoms with E-state index in [4.69, 9.17) is 4.74 Å². The highest BCUT2D eigenvalue weighted by Gasteiger charge is 2.34. The van der Waals surface area contributed by atoms with Crippen LogP contribution in [0.5, 0.6) is 0 Å². The maximum Gasteiger partial charge on any atom is 0.353 e. The van der Waals surface area contributed by atoms with Crippen molar-refractivity contribution in [1.82, 2.24) is 14.9 Å². The number of ether oxygens (including phenoxy) is 1. The van der Waals surface area contributed by atoms with Crippen molar-refractivity contribution in [3.63, 3.8) is 0 Å². The lowest BCUT2D eigenvalue weighted by Gasteiger charge is -2.34. The number of carbonyl (C=O) groups is 1. The third-order valence-corrected chi connectivity index (χ3v) is 5.10. The van der Waals surface area contributed by atoms with Gasteiger partial charge in [0.1, 0.15) is 6.33 Å². The maximum atomic E-state index is 11.8. The quantitative estimate of drug-likeness (QED) is 0.429. The SMILES string of the molecule is COC(=O)C1CCN(c2ncnc(N3CCN(C)CC3)c2[N+](=O)[O-])CC1. The summed E-state index contributed by atoms with van der Waals surface area (Å²) in [5, 5.41) is 11.8. The molecule has 0 radical (unpaired) electrons. The standard InChI is InChI=1S/C16H24N6O4/c1-19-7-9-21(10-8-19)15-13(22(24)25)14(17-11-18-15)20-5-3-12(4-6-20)16(23)26-2/h11-12H,3-10H2,1-2H3. The number of likely N-dealkylation sites (N-methyl/N-ethyl adjacent to an activating group) is 1. The summed E-state index contributed by atoms with van der Waals surface area (Å²) >= 11 is 0. The minimum Gasteiger partial charge on any atom is -0.469 e. The van der Waals surface area contributed by atoms with Crippen molar-refractivity contribution in [1.29, 1.82) is 0 Å². The lowest BCUT2D eigenvalue weighted by Crippen LogP contribution is -2.45. The molecule has 2 saturated heterocycles. The van der Waals surface area contributed by atoms with Crippen molar-refractivity contribution in [2.75, 3.05) is 63.2 Å². The highest BCUT2D eigenvalue weighted by atomic mass is 16.6. The average Bonchev–Trinajstić information content (AvgIpc) is 2.67. The van der Waals surface area contributed by atoms with Crippen molar-refractivity contribution in [3.05, 3.63) is 16.4 Å². The summed E-state index contributed by atoms with van der Waals surface area (Å²) in [6.07, 6.45) is 2.58. The second-order valence-corrected chi connectivity index (χ2v) is 6.70. The zero-order valence-electron chi connectivity index (χ0n) is 15.1. The minimum atomic E-state index is -0.393. The fourth-order valence-electron chi connectivity index (χ4n) is 3.50. The summed E-state index contributed by atoms with van der Waals surface area (Å²) in [5.41, 5.74) is -0.0476. The van der Waals surface area contributed by atoms with Gasteiger partial charge in [0.2, 0.25) is 11.6 Å². The zero-order chi connectivity index (χ0) is 18.7. The van der Waals surface area contributed by atoms with Gasteiger partial charge < -0.3 is 19.4 Å². The number of piperazine rings is 1. The number of rotatable bonds is 4. The molecule has 1 aromatic rings. The first-order valence-electron chi connectivity index (χ1n) is 8.77. The van der Waals surface area contributed by atoms with Crippen molar-refractivity contribution in [2.24, 2.45) is 5.92 Å². The van der Waals surface area contributed by atoms with E-state index in [1.165, 1.54) is 13.4 Å². The van der Waals surface area contributed by atoms with Crippen LogP contribution in [0.2, 0.25) is 0 Å². The molecule has 0 N–H and O–H groups in total. The molecular formula is C16H24N6O4. The molecule has 0 aromatic carbocycles. The smallest absolute Gasteiger partial charge is 0.353 e. The van der Waals surface area contributed by atoms with Gasteiger partial charge >= 0.3 is 11.7 Å². The van der Waals surface area contributed by atoms with Crippen LogP contribution in [0.1, 0.15) is 12.8 Å². The molecule has 26 heavy (non-hydrogen) atoms. The highest BCUT2D eigenvalue weighted by Crippen LogP contribution is 2.36. The van der Waals surface area contributed by atoms with E-state index < -0.39 is 4.92 Å². The van der Waals surface area contributed by atoms with Crippen LogP contribution in [0.4, 0.5) is 17.3 Å². The molecule has 0 amide bonds. The van der Waals surface area contributed by atoms with Gasteiger partial charge in [-0.05, 0) is 19.9 Å². The predicted octanol–water partition coefficient (Wildman–Crippen LogP) is 0.526. The van der Waals surface area contributed by atoms with E-state index in [0.29, 0.717) is 50.7 Å². The summed E-state index contributed by atoms with van der Waals surface area (Å²) < 4.78 is 4.80. The van der Waals surface area contributed by atoms with Crippen LogP contribution in [-0.4, -0.2) is 79.2 Å². The number of nitro groups is 1. The van der Waals surface area contributed by atoms with E-state index in [-0.39, 0.29) is 17.6 Å². The number of hydrogen-bond donors (Lipinski definition) is 0. The van der Waals surface area contributed by atoms with E-state index >= 15 is 0 Å². The number of esters is 1. The molecule has 3 heterocycles. The van der Waals surface area contributed by atoms with Crippen LogP contribution in [0, 0.1) is 16.0 Å². The predicted molar refractivity (Wildman–Crippen MR) is 95.3 cm³/mol. The van der Waals surface area contributed by atoms with Crippen molar-refractivity contribution in [3.8, 4) is 0 Å². The number of nitrogens with zero attached hydrogens (tertiary/aromatic N) is 6. The van der Waals surface area contributed by atoms with Gasteiger partial charge in [0, 0.05) is 39.3 Å². The van der Waals surface area contributed by atoms with E-state index in [1.54, 1.807) is 0 Å². The Hall–Kier alpha value is -2.49. The molecular weight excluding hydrogens is 340 g/mol. The number of anilines is 2. The van der Waals surface area contributed by atoms with E-state index in [9.17, 15) is 14.9 Å². The molecule has 142 valence electrons. The van der Waals surface area contributed by atoms with Gasteiger partial charge in [0.25, 0.3) is 0 Å². The lowest BCUT2D eigenvalue weighted by molar-refractivity contribution is -0.383. The zero-order valence-corrected chi connectivity index (χ0v) is 15.1. The summed E-state index contributed by atoms with van der Waals surface area (Å²) in [7, 11) is 3.41. The largest absolute Gasteiger partial charge is 0.469 e. The molecule has 0 saturated carbocycles. The van der Waals surface area contributed by atoms with Crippen LogP contribution < -0.4 is 9.80 Å². The molecule has 10 nitrogen and oxygen atoms in total. The van der Waals surface area contributed by atoms with Gasteiger partial charge in [-0.1, -0.05) is 0 Å². The number of methoxy groups -OCH3 is 1. The van der Waals surface area contributed by atoms with Crippen molar-refractivity contribution >= 4 is 23.3 Å². The molecule has 0 unspecified atom stereocenters. The van der Waals surface area contributed by atoms with Crippen LogP contribution in [0.3, 0.4) is 0 Å². The van der Waals surface area contributed by atoms with Gasteiger partial charge in [-0.25, -0.2) is 9.97 Å². The molecule has 0 atom stereocenters. The van der Waals surface area contributed by atoms with Crippen LogP contribution in [0.25, 0.3) is 0 Å². The number of hydrogen-bond acceptors (Lipinski definition) is 9. The van der Waals surface area contributed by atoms with Gasteiger partial charge in [-0.2, -0.15) is 0 Å². The van der Waals surface area contributed by atoms with Crippen molar-refractivity contribution in [2.45, 2.75) is 12.8 Å². The molecule has 3 rings (SSSR count). The van der Waals surface area contributed by atoms with E-state index in [2.05, 4.69) is 14.9 Å². The number of piperidine rings is 1. The second-order valence-electron chi connectivity index (χ2n) is 6.70. The summed E-state index contributed by atoms with van der Waals surface area (Å²) in [4.78, 5) is 37.5. The Labute approximate surface area is 151 Å². The molecule has 2 aliphatic rings. The Balaban J connectivity index is 1.83. The third kappa shape index (κ3) is 3.69. The first-order chi connectivity index (χ1) is 12.5. The Morgan fingerprint density at radius 2 is 1.65 bits per heavy atom. The molecule has 2 aliphatic heterocycles. The van der Waals surface area contributed by atoms with Crippen LogP contribution >= 0.6 is 0 Å². The third-order valence-electron chi connectivity index (χ3n) is 5.10. The molecule has 0 bridgehead atoms. The average molecular weight is 364 g/mol. The number of carbonyl (C=O) groups excluding carboxylic acids is 1. The first-order valence-corrected chi connectivity index (χ1v) is 8.77. The van der Waals surface area contributed by atoms with E-state index in [1.807, 2.05) is 16.8 Å². The fourth-order valence-corrected chi connectivity index (χ4v) is 3.50. The molecule has 2 fully saturated rings. The van der Waals surface area contributed by atoms with Gasteiger partial charge in [-0.15, -0.1) is 0 Å². The molecule has 0 spiro atoms. The summed E-state index contributed by atoms with van der Waals surface area (Å²) in [5.74, 6) is 0.333. The molecule has 10 heteroatoms. The minimum absolute atomic E-state index is 0.0476. The lowest BCUT2D eigenvalue weighted by atomic mass is 9.97.